The van der Waals surface area contributed by atoms with Gasteiger partial charge in [-0.2, -0.15) is 0 Å². The van der Waals surface area contributed by atoms with E-state index in [9.17, 15) is 13.2 Å². The van der Waals surface area contributed by atoms with Gasteiger partial charge in [0.05, 0.1) is 5.56 Å². The first-order valence-corrected chi connectivity index (χ1v) is 10.3. The molecular weight excluding hydrogens is 342 g/mol. The van der Waals surface area contributed by atoms with Gasteiger partial charge in [-0.25, -0.2) is 12.7 Å². The van der Waals surface area contributed by atoms with Crippen molar-refractivity contribution in [1.82, 2.24) is 14.5 Å². The van der Waals surface area contributed by atoms with Crippen LogP contribution in [0, 0.1) is 12.8 Å². The van der Waals surface area contributed by atoms with Gasteiger partial charge in [0, 0.05) is 39.3 Å². The maximum Gasteiger partial charge on any atom is 0.275 e. The lowest BCUT2D eigenvalue weighted by molar-refractivity contribution is 0.0703. The van der Waals surface area contributed by atoms with Gasteiger partial charge >= 0.3 is 0 Å². The van der Waals surface area contributed by atoms with Gasteiger partial charge in [0.25, 0.3) is 15.9 Å². The fraction of sp³-hybridized carbons (Fsp3) is 0.706. The Hall–Kier alpha value is -1.38. The van der Waals surface area contributed by atoms with Crippen LogP contribution in [0.5, 0.6) is 0 Å². The fourth-order valence-electron chi connectivity index (χ4n) is 3.09. The van der Waals surface area contributed by atoms with Gasteiger partial charge in [-0.1, -0.05) is 0 Å². The number of carbonyl (C=O) groups is 1. The van der Waals surface area contributed by atoms with Gasteiger partial charge < -0.3 is 14.6 Å². The third-order valence-corrected chi connectivity index (χ3v) is 6.71. The molecule has 1 aromatic rings. The summed E-state index contributed by atoms with van der Waals surface area (Å²) in [5.41, 5.74) is 0.338. The van der Waals surface area contributed by atoms with Crippen LogP contribution in [0.3, 0.4) is 0 Å². The zero-order valence-corrected chi connectivity index (χ0v) is 15.9. The van der Waals surface area contributed by atoms with Gasteiger partial charge in [0.1, 0.15) is 5.76 Å². The number of furan rings is 1. The Morgan fingerprint density at radius 3 is 2.48 bits per heavy atom. The van der Waals surface area contributed by atoms with Crippen molar-refractivity contribution >= 4 is 15.9 Å². The molecule has 3 rings (SSSR count). The number of hydrogen-bond acceptors (Lipinski definition) is 5. The SMILES string of the molecule is Cc1oc(S(=O)(=O)N(C)C)cc1C(=O)N1CCC(NCC2CC2)CC1. The van der Waals surface area contributed by atoms with Gasteiger partial charge in [0.15, 0.2) is 0 Å². The average molecular weight is 369 g/mol. The van der Waals surface area contributed by atoms with Crippen molar-refractivity contribution in [3.8, 4) is 0 Å². The molecule has 140 valence electrons. The van der Waals surface area contributed by atoms with Gasteiger partial charge in [-0.05, 0) is 45.1 Å². The van der Waals surface area contributed by atoms with Crippen LogP contribution in [0.15, 0.2) is 15.6 Å². The van der Waals surface area contributed by atoms with Crippen molar-refractivity contribution in [2.75, 3.05) is 33.7 Å². The topological polar surface area (TPSA) is 82.9 Å². The Labute approximate surface area is 149 Å². The molecule has 0 aromatic carbocycles. The summed E-state index contributed by atoms with van der Waals surface area (Å²) in [7, 11) is -0.798. The first-order chi connectivity index (χ1) is 11.8. The molecule has 1 N–H and O–H groups in total. The van der Waals surface area contributed by atoms with Crippen LogP contribution in [-0.2, 0) is 10.0 Å². The Morgan fingerprint density at radius 2 is 1.92 bits per heavy atom. The van der Waals surface area contributed by atoms with Gasteiger partial charge in [-0.3, -0.25) is 4.79 Å². The molecule has 1 amide bonds. The summed E-state index contributed by atoms with van der Waals surface area (Å²) in [5, 5.41) is 3.41. The number of nitrogens with one attached hydrogen (secondary N) is 1. The van der Waals surface area contributed by atoms with Crippen molar-refractivity contribution < 1.29 is 17.6 Å². The van der Waals surface area contributed by atoms with Crippen molar-refractivity contribution in [1.29, 1.82) is 0 Å². The second-order valence-electron chi connectivity index (χ2n) is 7.24. The highest BCUT2D eigenvalue weighted by atomic mass is 32.2. The molecule has 1 aliphatic carbocycles. The van der Waals surface area contributed by atoms with Crippen LogP contribution >= 0.6 is 0 Å². The zero-order chi connectivity index (χ0) is 18.2. The number of amides is 1. The minimum absolute atomic E-state index is 0.151. The van der Waals surface area contributed by atoms with Crippen molar-refractivity contribution in [2.24, 2.45) is 5.92 Å². The first-order valence-electron chi connectivity index (χ1n) is 8.84. The van der Waals surface area contributed by atoms with E-state index in [0.717, 1.165) is 29.6 Å². The van der Waals surface area contributed by atoms with E-state index in [1.54, 1.807) is 11.8 Å². The van der Waals surface area contributed by atoms with Crippen LogP contribution < -0.4 is 5.32 Å². The monoisotopic (exact) mass is 369 g/mol. The fourth-order valence-corrected chi connectivity index (χ4v) is 3.94. The molecule has 2 heterocycles. The minimum atomic E-state index is -3.68. The molecule has 0 spiro atoms. The summed E-state index contributed by atoms with van der Waals surface area (Å²) >= 11 is 0. The summed E-state index contributed by atoms with van der Waals surface area (Å²) in [4.78, 5) is 14.5. The Bertz CT molecular complexity index is 729. The van der Waals surface area contributed by atoms with Crippen molar-refractivity contribution in [3.63, 3.8) is 0 Å². The third-order valence-electron chi connectivity index (χ3n) is 5.03. The van der Waals surface area contributed by atoms with Crippen LogP contribution in [0.4, 0.5) is 0 Å². The summed E-state index contributed by atoms with van der Waals surface area (Å²) < 4.78 is 30.8. The van der Waals surface area contributed by atoms with E-state index in [0.29, 0.717) is 30.5 Å². The van der Waals surface area contributed by atoms with Crippen LogP contribution in [-0.4, -0.2) is 63.3 Å². The smallest absolute Gasteiger partial charge is 0.275 e. The molecule has 1 aromatic heterocycles. The quantitative estimate of drug-likeness (QED) is 0.820. The van der Waals surface area contributed by atoms with E-state index in [4.69, 9.17) is 4.42 Å². The van der Waals surface area contributed by atoms with E-state index in [2.05, 4.69) is 5.32 Å². The standard InChI is InChI=1S/C17H27N3O4S/c1-12-15(10-16(24-12)25(22,23)19(2)3)17(21)20-8-6-14(7-9-20)18-11-13-4-5-13/h10,13-14,18H,4-9,11H2,1-3H3. The molecule has 25 heavy (non-hydrogen) atoms. The van der Waals surface area contributed by atoms with Crippen LogP contribution in [0.2, 0.25) is 0 Å². The Kier molecular flexibility index (Phi) is 5.22. The summed E-state index contributed by atoms with van der Waals surface area (Å²) in [6.07, 6.45) is 4.53. The largest absolute Gasteiger partial charge is 0.448 e. The molecule has 8 heteroatoms. The number of likely N-dealkylation sites (tertiary alicyclic amines) is 1. The maximum atomic E-state index is 12.8. The predicted octanol–water partition coefficient (Wildman–Crippen LogP) is 1.44. The number of nitrogens with zero attached hydrogens (tertiary/aromatic N) is 2. The highest BCUT2D eigenvalue weighted by molar-refractivity contribution is 7.88. The second-order valence-corrected chi connectivity index (χ2v) is 9.32. The average Bonchev–Trinajstić information content (AvgIpc) is 3.33. The second kappa shape index (κ2) is 7.09. The molecule has 1 saturated heterocycles. The Balaban J connectivity index is 1.62. The third kappa shape index (κ3) is 4.07. The highest BCUT2D eigenvalue weighted by Gasteiger charge is 2.30. The summed E-state index contributed by atoms with van der Waals surface area (Å²) in [5.74, 6) is 1.05. The van der Waals surface area contributed by atoms with Crippen LogP contribution in [0.25, 0.3) is 0 Å². The molecule has 0 unspecified atom stereocenters. The molecular formula is C17H27N3O4S. The van der Waals surface area contributed by atoms with Gasteiger partial charge in [0.2, 0.25) is 5.09 Å². The number of piperidine rings is 1. The summed E-state index contributed by atoms with van der Waals surface area (Å²) in [6.45, 7) is 4.08. The molecule has 1 aliphatic heterocycles. The van der Waals surface area contributed by atoms with E-state index in [-0.39, 0.29) is 11.0 Å². The lowest BCUT2D eigenvalue weighted by atomic mass is 10.0. The number of rotatable bonds is 6. The minimum Gasteiger partial charge on any atom is -0.448 e. The van der Waals surface area contributed by atoms with Gasteiger partial charge in [-0.15, -0.1) is 0 Å². The molecule has 0 atom stereocenters. The molecule has 0 bridgehead atoms. The molecule has 1 saturated carbocycles. The number of sulfonamides is 1. The van der Waals surface area contributed by atoms with E-state index in [1.807, 2.05) is 0 Å². The highest BCUT2D eigenvalue weighted by Crippen LogP contribution is 2.28. The number of carbonyl (C=O) groups excluding carboxylic acids is 1. The van der Waals surface area contributed by atoms with Crippen LogP contribution in [0.1, 0.15) is 41.8 Å². The molecule has 2 aliphatic rings. The zero-order valence-electron chi connectivity index (χ0n) is 15.1. The predicted molar refractivity (Wildman–Crippen MR) is 94.0 cm³/mol. The van der Waals surface area contributed by atoms with E-state index in [1.165, 1.54) is 33.0 Å². The van der Waals surface area contributed by atoms with E-state index < -0.39 is 10.0 Å². The Morgan fingerprint density at radius 1 is 1.28 bits per heavy atom. The number of hydrogen-bond donors (Lipinski definition) is 1. The molecule has 2 fully saturated rings. The normalized spacial score (nSPS) is 19.6. The van der Waals surface area contributed by atoms with Crippen molar-refractivity contribution in [3.05, 3.63) is 17.4 Å². The lowest BCUT2D eigenvalue weighted by Gasteiger charge is -2.32. The molecule has 0 radical (unpaired) electrons. The van der Waals surface area contributed by atoms with Crippen molar-refractivity contribution in [2.45, 2.75) is 43.7 Å². The lowest BCUT2D eigenvalue weighted by Crippen LogP contribution is -2.45. The first kappa shape index (κ1) is 18.4. The summed E-state index contributed by atoms with van der Waals surface area (Å²) in [6, 6.07) is 1.82. The molecule has 7 nitrogen and oxygen atoms in total. The van der Waals surface area contributed by atoms with E-state index >= 15 is 0 Å². The maximum absolute atomic E-state index is 12.8. The number of aryl methyl sites for hydroxylation is 1.